The van der Waals surface area contributed by atoms with E-state index in [0.717, 1.165) is 29.1 Å². The largest absolute Gasteiger partial charge is 0.381 e. The number of aryl methyl sites for hydroxylation is 3. The van der Waals surface area contributed by atoms with Crippen molar-refractivity contribution in [3.05, 3.63) is 58.9 Å². The van der Waals surface area contributed by atoms with Gasteiger partial charge in [0.05, 0.1) is 11.0 Å². The molecular weight excluding hydrogens is 246 g/mol. The van der Waals surface area contributed by atoms with Crippen molar-refractivity contribution in [3.8, 4) is 0 Å². The van der Waals surface area contributed by atoms with Gasteiger partial charge in [0.25, 0.3) is 0 Å². The first-order chi connectivity index (χ1) is 9.61. The number of hydrogen-bond donors (Lipinski definition) is 2. The monoisotopic (exact) mass is 265 g/mol. The lowest BCUT2D eigenvalue weighted by Gasteiger charge is -2.08. The Hall–Kier alpha value is -2.29. The number of aromatic nitrogens is 2. The molecule has 0 unspecified atom stereocenters. The average Bonchev–Trinajstić information content (AvgIpc) is 2.79. The number of nitrogens with zero attached hydrogens (tertiary/aromatic N) is 1. The Morgan fingerprint density at radius 2 is 1.85 bits per heavy atom. The third-order valence-corrected chi connectivity index (χ3v) is 3.67. The lowest BCUT2D eigenvalue weighted by molar-refractivity contribution is 1.13. The maximum Gasteiger partial charge on any atom is 0.104 e. The summed E-state index contributed by atoms with van der Waals surface area (Å²) in [5.41, 5.74) is 7.17. The number of hydrogen-bond acceptors (Lipinski definition) is 2. The second-order valence-corrected chi connectivity index (χ2v) is 5.33. The first-order valence-electron chi connectivity index (χ1n) is 6.88. The van der Waals surface area contributed by atoms with Gasteiger partial charge in [-0.15, -0.1) is 0 Å². The molecule has 1 aromatic heterocycles. The first-order valence-corrected chi connectivity index (χ1v) is 6.88. The van der Waals surface area contributed by atoms with E-state index in [0.29, 0.717) is 0 Å². The second-order valence-electron chi connectivity index (χ2n) is 5.33. The van der Waals surface area contributed by atoms with E-state index in [1.165, 1.54) is 16.7 Å². The predicted molar refractivity (Wildman–Crippen MR) is 84.1 cm³/mol. The molecule has 0 bridgehead atoms. The van der Waals surface area contributed by atoms with Gasteiger partial charge >= 0.3 is 0 Å². The molecule has 0 saturated heterocycles. The number of nitrogens with one attached hydrogen (secondary N) is 2. The maximum absolute atomic E-state index is 4.41. The Kier molecular flexibility index (Phi) is 3.18. The molecule has 3 nitrogen and oxygen atoms in total. The van der Waals surface area contributed by atoms with Crippen LogP contribution in [0.15, 0.2) is 36.4 Å². The lowest BCUT2D eigenvalue weighted by Crippen LogP contribution is -2.00. The van der Waals surface area contributed by atoms with Gasteiger partial charge in [-0.2, -0.15) is 0 Å². The van der Waals surface area contributed by atoms with Crippen LogP contribution in [0.4, 0.5) is 5.69 Å². The van der Waals surface area contributed by atoms with Crippen LogP contribution in [-0.4, -0.2) is 9.97 Å². The molecule has 0 aliphatic heterocycles. The standard InChI is InChI=1S/C17H19N3/c1-11-4-5-14(8-12(11)2)10-18-15-6-7-16-17(9-15)20-13(3)19-16/h4-9,18H,10H2,1-3H3,(H,19,20). The van der Waals surface area contributed by atoms with Crippen LogP contribution in [0, 0.1) is 20.8 Å². The third-order valence-electron chi connectivity index (χ3n) is 3.67. The summed E-state index contributed by atoms with van der Waals surface area (Å²) in [7, 11) is 0. The van der Waals surface area contributed by atoms with Gasteiger partial charge in [0.1, 0.15) is 5.82 Å². The highest BCUT2D eigenvalue weighted by Crippen LogP contribution is 2.18. The quantitative estimate of drug-likeness (QED) is 0.748. The molecule has 102 valence electrons. The summed E-state index contributed by atoms with van der Waals surface area (Å²) in [5.74, 6) is 0.950. The molecule has 3 aromatic rings. The zero-order chi connectivity index (χ0) is 14.1. The minimum absolute atomic E-state index is 0.833. The van der Waals surface area contributed by atoms with Crippen molar-refractivity contribution in [1.82, 2.24) is 9.97 Å². The molecule has 20 heavy (non-hydrogen) atoms. The Labute approximate surface area is 119 Å². The van der Waals surface area contributed by atoms with Crippen molar-refractivity contribution in [1.29, 1.82) is 0 Å². The minimum atomic E-state index is 0.833. The van der Waals surface area contributed by atoms with E-state index in [2.05, 4.69) is 59.5 Å². The highest BCUT2D eigenvalue weighted by molar-refractivity contribution is 5.79. The molecule has 3 rings (SSSR count). The summed E-state index contributed by atoms with van der Waals surface area (Å²) in [4.78, 5) is 7.67. The van der Waals surface area contributed by atoms with Gasteiger partial charge in [-0.05, 0) is 55.7 Å². The van der Waals surface area contributed by atoms with Gasteiger partial charge in [0, 0.05) is 12.2 Å². The van der Waals surface area contributed by atoms with Crippen LogP contribution >= 0.6 is 0 Å². The van der Waals surface area contributed by atoms with Crippen molar-refractivity contribution in [2.45, 2.75) is 27.3 Å². The molecule has 2 aromatic carbocycles. The van der Waals surface area contributed by atoms with E-state index in [1.54, 1.807) is 0 Å². The number of imidazole rings is 1. The number of rotatable bonds is 3. The molecule has 0 spiro atoms. The SMILES string of the molecule is Cc1nc2ccc(NCc3ccc(C)c(C)c3)cc2[nH]1. The summed E-state index contributed by atoms with van der Waals surface area (Å²) in [5, 5.41) is 3.46. The summed E-state index contributed by atoms with van der Waals surface area (Å²) in [6.45, 7) is 7.10. The molecule has 0 saturated carbocycles. The third kappa shape index (κ3) is 2.52. The Bertz CT molecular complexity index is 756. The van der Waals surface area contributed by atoms with Crippen molar-refractivity contribution >= 4 is 16.7 Å². The smallest absolute Gasteiger partial charge is 0.104 e. The summed E-state index contributed by atoms with van der Waals surface area (Å²) < 4.78 is 0. The van der Waals surface area contributed by atoms with Crippen molar-refractivity contribution in [3.63, 3.8) is 0 Å². The number of aromatic amines is 1. The van der Waals surface area contributed by atoms with E-state index in [-0.39, 0.29) is 0 Å². The second kappa shape index (κ2) is 5.00. The van der Waals surface area contributed by atoms with E-state index >= 15 is 0 Å². The van der Waals surface area contributed by atoms with E-state index < -0.39 is 0 Å². The molecule has 0 fully saturated rings. The Morgan fingerprint density at radius 1 is 1.00 bits per heavy atom. The Balaban J connectivity index is 1.77. The molecule has 1 heterocycles. The van der Waals surface area contributed by atoms with Crippen LogP contribution in [0.25, 0.3) is 11.0 Å². The van der Waals surface area contributed by atoms with E-state index in [4.69, 9.17) is 0 Å². The van der Waals surface area contributed by atoms with E-state index in [9.17, 15) is 0 Å². The molecule has 0 radical (unpaired) electrons. The highest BCUT2D eigenvalue weighted by atomic mass is 14.9. The van der Waals surface area contributed by atoms with Crippen LogP contribution < -0.4 is 5.32 Å². The van der Waals surface area contributed by atoms with Gasteiger partial charge in [-0.3, -0.25) is 0 Å². The van der Waals surface area contributed by atoms with Gasteiger partial charge in [0.2, 0.25) is 0 Å². The zero-order valence-electron chi connectivity index (χ0n) is 12.1. The predicted octanol–water partition coefficient (Wildman–Crippen LogP) is 4.10. The molecule has 3 heteroatoms. The fourth-order valence-corrected chi connectivity index (χ4v) is 2.36. The fourth-order valence-electron chi connectivity index (χ4n) is 2.36. The van der Waals surface area contributed by atoms with Gasteiger partial charge in [-0.1, -0.05) is 18.2 Å². The molecular formula is C17H19N3. The fraction of sp³-hybridized carbons (Fsp3) is 0.235. The van der Waals surface area contributed by atoms with Crippen molar-refractivity contribution in [2.24, 2.45) is 0 Å². The number of benzene rings is 2. The minimum Gasteiger partial charge on any atom is -0.381 e. The molecule has 0 aliphatic rings. The summed E-state index contributed by atoms with van der Waals surface area (Å²) >= 11 is 0. The van der Waals surface area contributed by atoms with Gasteiger partial charge in [-0.25, -0.2) is 4.98 Å². The summed E-state index contributed by atoms with van der Waals surface area (Å²) in [6.07, 6.45) is 0. The summed E-state index contributed by atoms with van der Waals surface area (Å²) in [6, 6.07) is 12.8. The lowest BCUT2D eigenvalue weighted by atomic mass is 10.1. The first kappa shape index (κ1) is 12.7. The number of H-pyrrole nitrogens is 1. The van der Waals surface area contributed by atoms with Crippen LogP contribution in [0.3, 0.4) is 0 Å². The molecule has 0 atom stereocenters. The zero-order valence-corrected chi connectivity index (χ0v) is 12.1. The van der Waals surface area contributed by atoms with Crippen LogP contribution in [0.1, 0.15) is 22.5 Å². The maximum atomic E-state index is 4.41. The Morgan fingerprint density at radius 3 is 2.65 bits per heavy atom. The molecule has 2 N–H and O–H groups in total. The van der Waals surface area contributed by atoms with Crippen LogP contribution in [-0.2, 0) is 6.54 Å². The number of anilines is 1. The highest BCUT2D eigenvalue weighted by Gasteiger charge is 2.01. The van der Waals surface area contributed by atoms with Gasteiger partial charge in [0.15, 0.2) is 0 Å². The van der Waals surface area contributed by atoms with Crippen molar-refractivity contribution < 1.29 is 0 Å². The average molecular weight is 265 g/mol. The van der Waals surface area contributed by atoms with Gasteiger partial charge < -0.3 is 10.3 Å². The van der Waals surface area contributed by atoms with Crippen LogP contribution in [0.2, 0.25) is 0 Å². The topological polar surface area (TPSA) is 40.7 Å². The normalized spacial score (nSPS) is 10.9. The van der Waals surface area contributed by atoms with Crippen LogP contribution in [0.5, 0.6) is 0 Å². The molecule has 0 aliphatic carbocycles. The van der Waals surface area contributed by atoms with Crippen molar-refractivity contribution in [2.75, 3.05) is 5.32 Å². The molecule has 0 amide bonds. The van der Waals surface area contributed by atoms with E-state index in [1.807, 2.05) is 13.0 Å². The number of fused-ring (bicyclic) bond motifs is 1.